The molecule has 0 saturated carbocycles. The van der Waals surface area contributed by atoms with Gasteiger partial charge in [0.15, 0.2) is 0 Å². The summed E-state index contributed by atoms with van der Waals surface area (Å²) in [6, 6.07) is 0. The van der Waals surface area contributed by atoms with E-state index in [1.165, 1.54) is 6.42 Å². The van der Waals surface area contributed by atoms with Crippen LogP contribution in [0.25, 0.3) is 0 Å². The highest BCUT2D eigenvalue weighted by atomic mass is 127. The Kier molecular flexibility index (Phi) is 5.14. The highest BCUT2D eigenvalue weighted by Crippen LogP contribution is 2.37. The second-order valence-corrected chi connectivity index (χ2v) is 5.39. The molecular weight excluding hydrogens is 291 g/mol. The first-order chi connectivity index (χ1) is 6.62. The molecule has 0 aromatic heterocycles. The fraction of sp³-hybridized carbons (Fsp3) is 1.00. The van der Waals surface area contributed by atoms with E-state index in [-0.39, 0.29) is 0 Å². The fourth-order valence-corrected chi connectivity index (χ4v) is 2.35. The summed E-state index contributed by atoms with van der Waals surface area (Å²) in [6.07, 6.45) is 3.11. The van der Waals surface area contributed by atoms with Gasteiger partial charge in [0.25, 0.3) is 0 Å². The van der Waals surface area contributed by atoms with Gasteiger partial charge >= 0.3 is 0 Å². The predicted molar refractivity (Wildman–Crippen MR) is 67.1 cm³/mol. The van der Waals surface area contributed by atoms with Crippen molar-refractivity contribution < 1.29 is 9.47 Å². The third kappa shape index (κ3) is 3.35. The smallest absolute Gasteiger partial charge is 0.0671 e. The Bertz CT molecular complexity index is 173. The van der Waals surface area contributed by atoms with Crippen LogP contribution in [0.4, 0.5) is 0 Å². The van der Waals surface area contributed by atoms with Gasteiger partial charge < -0.3 is 9.47 Å². The van der Waals surface area contributed by atoms with Gasteiger partial charge in [-0.1, -0.05) is 29.5 Å². The number of ether oxygens (including phenoxy) is 2. The maximum absolute atomic E-state index is 5.75. The Hall–Kier alpha value is 0.650. The molecule has 1 rings (SSSR count). The summed E-state index contributed by atoms with van der Waals surface area (Å²) >= 11 is 2.40. The van der Waals surface area contributed by atoms with E-state index in [1.54, 1.807) is 0 Å². The molecule has 0 unspecified atom stereocenters. The fourth-order valence-electron chi connectivity index (χ4n) is 1.79. The lowest BCUT2D eigenvalue weighted by molar-refractivity contribution is -0.00114. The van der Waals surface area contributed by atoms with Crippen molar-refractivity contribution in [3.8, 4) is 0 Å². The Labute approximate surface area is 101 Å². The molecule has 0 amide bonds. The lowest BCUT2D eigenvalue weighted by atomic mass is 9.84. The van der Waals surface area contributed by atoms with Crippen molar-refractivity contribution in [3.63, 3.8) is 0 Å². The van der Waals surface area contributed by atoms with Crippen molar-refractivity contribution in [2.24, 2.45) is 5.41 Å². The first-order valence-corrected chi connectivity index (χ1v) is 6.93. The second-order valence-electron chi connectivity index (χ2n) is 4.50. The molecule has 0 N–H and O–H groups in total. The standard InChI is InChI=1S/C11H21IO2/c1-4-11(7-13-9(2)3)5-10(6-12)14-8-11/h9-10H,4-8H2,1-3H3/t10-,11+/m0/s1. The normalized spacial score (nSPS) is 32.8. The third-order valence-electron chi connectivity index (χ3n) is 2.93. The predicted octanol–water partition coefficient (Wildman–Crippen LogP) is 3.03. The zero-order valence-electron chi connectivity index (χ0n) is 9.38. The van der Waals surface area contributed by atoms with Crippen LogP contribution in [0, 0.1) is 5.41 Å². The maximum Gasteiger partial charge on any atom is 0.0671 e. The van der Waals surface area contributed by atoms with E-state index in [4.69, 9.17) is 9.47 Å². The van der Waals surface area contributed by atoms with E-state index in [1.807, 2.05) is 0 Å². The molecule has 84 valence electrons. The summed E-state index contributed by atoms with van der Waals surface area (Å²) in [7, 11) is 0. The van der Waals surface area contributed by atoms with Crippen LogP contribution in [0.5, 0.6) is 0 Å². The van der Waals surface area contributed by atoms with Crippen molar-refractivity contribution >= 4 is 22.6 Å². The Morgan fingerprint density at radius 2 is 2.29 bits per heavy atom. The molecule has 0 bridgehead atoms. The molecule has 0 aromatic carbocycles. The number of halogens is 1. The minimum absolute atomic E-state index is 0.292. The lowest BCUT2D eigenvalue weighted by Gasteiger charge is -2.26. The summed E-state index contributed by atoms with van der Waals surface area (Å²) in [4.78, 5) is 0. The van der Waals surface area contributed by atoms with Crippen LogP contribution in [-0.4, -0.2) is 29.8 Å². The monoisotopic (exact) mass is 312 g/mol. The molecule has 1 aliphatic rings. The van der Waals surface area contributed by atoms with E-state index in [2.05, 4.69) is 43.4 Å². The molecule has 0 spiro atoms. The van der Waals surface area contributed by atoms with Crippen LogP contribution >= 0.6 is 22.6 Å². The van der Waals surface area contributed by atoms with Crippen molar-refractivity contribution in [3.05, 3.63) is 0 Å². The first-order valence-electron chi connectivity index (χ1n) is 5.41. The second kappa shape index (κ2) is 5.66. The molecular formula is C11H21IO2. The van der Waals surface area contributed by atoms with Gasteiger partial charge in [-0.2, -0.15) is 0 Å². The summed E-state index contributed by atoms with van der Waals surface area (Å²) in [5, 5.41) is 0. The Balaban J connectivity index is 2.43. The molecule has 1 aliphatic heterocycles. The number of alkyl halides is 1. The summed E-state index contributed by atoms with van der Waals surface area (Å²) in [5.41, 5.74) is 0.292. The van der Waals surface area contributed by atoms with E-state index in [9.17, 15) is 0 Å². The number of hydrogen-bond donors (Lipinski definition) is 0. The quantitative estimate of drug-likeness (QED) is 0.574. The van der Waals surface area contributed by atoms with E-state index < -0.39 is 0 Å². The van der Waals surface area contributed by atoms with Crippen molar-refractivity contribution in [1.82, 2.24) is 0 Å². The number of hydrogen-bond acceptors (Lipinski definition) is 2. The highest BCUT2D eigenvalue weighted by molar-refractivity contribution is 14.1. The van der Waals surface area contributed by atoms with Crippen molar-refractivity contribution in [1.29, 1.82) is 0 Å². The number of rotatable bonds is 5. The van der Waals surface area contributed by atoms with E-state index >= 15 is 0 Å². The molecule has 2 nitrogen and oxygen atoms in total. The maximum atomic E-state index is 5.75. The Morgan fingerprint density at radius 3 is 2.71 bits per heavy atom. The van der Waals surface area contributed by atoms with Gasteiger partial charge in [-0.3, -0.25) is 0 Å². The van der Waals surface area contributed by atoms with E-state index in [0.717, 1.165) is 24.1 Å². The molecule has 0 aliphatic carbocycles. The molecule has 3 heteroatoms. The van der Waals surface area contributed by atoms with Gasteiger partial charge in [0, 0.05) is 9.84 Å². The minimum Gasteiger partial charge on any atom is -0.378 e. The summed E-state index contributed by atoms with van der Waals surface area (Å²) < 4.78 is 12.6. The van der Waals surface area contributed by atoms with Gasteiger partial charge in [0.05, 0.1) is 25.4 Å². The highest BCUT2D eigenvalue weighted by Gasteiger charge is 2.38. The van der Waals surface area contributed by atoms with E-state index in [0.29, 0.717) is 17.6 Å². The third-order valence-corrected chi connectivity index (χ3v) is 3.91. The van der Waals surface area contributed by atoms with Gasteiger partial charge in [-0.15, -0.1) is 0 Å². The molecule has 0 radical (unpaired) electrons. The molecule has 2 atom stereocenters. The zero-order chi connectivity index (χ0) is 10.6. The van der Waals surface area contributed by atoms with Gasteiger partial charge in [0.1, 0.15) is 0 Å². The summed E-state index contributed by atoms with van der Waals surface area (Å²) in [6.45, 7) is 8.16. The lowest BCUT2D eigenvalue weighted by Crippen LogP contribution is -2.28. The topological polar surface area (TPSA) is 18.5 Å². The summed E-state index contributed by atoms with van der Waals surface area (Å²) in [5.74, 6) is 0. The van der Waals surface area contributed by atoms with Crippen LogP contribution in [0.3, 0.4) is 0 Å². The van der Waals surface area contributed by atoms with Crippen LogP contribution in [0.2, 0.25) is 0 Å². The average Bonchev–Trinajstić information content (AvgIpc) is 2.59. The molecule has 14 heavy (non-hydrogen) atoms. The van der Waals surface area contributed by atoms with Crippen molar-refractivity contribution in [2.45, 2.75) is 45.8 Å². The molecule has 1 fully saturated rings. The van der Waals surface area contributed by atoms with Gasteiger partial charge in [-0.05, 0) is 26.7 Å². The SMILES string of the molecule is CC[C@@]1(COC(C)C)CO[C@H](CI)C1. The van der Waals surface area contributed by atoms with Gasteiger partial charge in [0.2, 0.25) is 0 Å². The van der Waals surface area contributed by atoms with Crippen LogP contribution in [0.1, 0.15) is 33.6 Å². The Morgan fingerprint density at radius 1 is 1.57 bits per heavy atom. The molecule has 0 aromatic rings. The largest absolute Gasteiger partial charge is 0.378 e. The molecule has 1 saturated heterocycles. The van der Waals surface area contributed by atoms with Crippen LogP contribution < -0.4 is 0 Å². The van der Waals surface area contributed by atoms with Crippen LogP contribution in [0.15, 0.2) is 0 Å². The van der Waals surface area contributed by atoms with Crippen LogP contribution in [-0.2, 0) is 9.47 Å². The average molecular weight is 312 g/mol. The first kappa shape index (κ1) is 12.7. The van der Waals surface area contributed by atoms with Gasteiger partial charge in [-0.25, -0.2) is 0 Å². The van der Waals surface area contributed by atoms with Crippen molar-refractivity contribution in [2.75, 3.05) is 17.6 Å². The zero-order valence-corrected chi connectivity index (χ0v) is 11.5. The minimum atomic E-state index is 0.292. The molecule has 1 heterocycles.